The van der Waals surface area contributed by atoms with Gasteiger partial charge in [-0.2, -0.15) is 5.10 Å². The van der Waals surface area contributed by atoms with Crippen LogP contribution in [0.15, 0.2) is 67.3 Å². The predicted molar refractivity (Wildman–Crippen MR) is 111 cm³/mol. The molecule has 0 spiro atoms. The van der Waals surface area contributed by atoms with Gasteiger partial charge in [0, 0.05) is 24.3 Å². The molecule has 0 bridgehead atoms. The van der Waals surface area contributed by atoms with Crippen LogP contribution in [0.3, 0.4) is 0 Å². The number of nitrogens with zero attached hydrogens (tertiary/aromatic N) is 3. The Kier molecular flexibility index (Phi) is 5.94. The maximum Gasteiger partial charge on any atom is 0.254 e. The largest absolute Gasteiger partial charge is 0.497 e. The van der Waals surface area contributed by atoms with E-state index in [1.165, 1.54) is 0 Å². The van der Waals surface area contributed by atoms with E-state index < -0.39 is 0 Å². The average molecular weight is 375 g/mol. The van der Waals surface area contributed by atoms with Crippen molar-refractivity contribution in [3.05, 3.63) is 89.8 Å². The van der Waals surface area contributed by atoms with Crippen molar-refractivity contribution >= 4 is 5.91 Å². The molecule has 28 heavy (non-hydrogen) atoms. The summed E-state index contributed by atoms with van der Waals surface area (Å²) in [4.78, 5) is 14.8. The molecule has 0 aliphatic rings. The summed E-state index contributed by atoms with van der Waals surface area (Å²) in [5.74, 6) is 0.765. The molecule has 0 saturated heterocycles. The van der Waals surface area contributed by atoms with Crippen LogP contribution in [-0.2, 0) is 6.54 Å². The van der Waals surface area contributed by atoms with E-state index in [2.05, 4.69) is 11.7 Å². The highest BCUT2D eigenvalue weighted by Crippen LogP contribution is 2.17. The van der Waals surface area contributed by atoms with Crippen LogP contribution in [0.2, 0.25) is 0 Å². The van der Waals surface area contributed by atoms with Crippen LogP contribution in [0.4, 0.5) is 0 Å². The first-order valence-corrected chi connectivity index (χ1v) is 9.18. The first-order valence-electron chi connectivity index (χ1n) is 9.18. The standard InChI is InChI=1S/C23H25N3O2/c1-5-14-25(16-19-6-12-22(28-4)13-7-19)23(27)20-8-10-21(11-9-20)26-18(3)15-17(2)24-26/h5-13,15H,1,14,16H2,2-4H3. The van der Waals surface area contributed by atoms with Crippen LogP contribution < -0.4 is 4.74 Å². The zero-order valence-electron chi connectivity index (χ0n) is 16.6. The van der Waals surface area contributed by atoms with Crippen LogP contribution in [0, 0.1) is 13.8 Å². The third kappa shape index (κ3) is 4.31. The fourth-order valence-electron chi connectivity index (χ4n) is 3.14. The Balaban J connectivity index is 1.78. The van der Waals surface area contributed by atoms with Gasteiger partial charge in [-0.05, 0) is 61.9 Å². The smallest absolute Gasteiger partial charge is 0.254 e. The minimum absolute atomic E-state index is 0.0318. The van der Waals surface area contributed by atoms with Gasteiger partial charge >= 0.3 is 0 Å². The molecule has 5 nitrogen and oxygen atoms in total. The van der Waals surface area contributed by atoms with E-state index in [9.17, 15) is 4.79 Å². The average Bonchev–Trinajstić information content (AvgIpc) is 3.06. The van der Waals surface area contributed by atoms with E-state index in [1.54, 1.807) is 18.1 Å². The molecule has 1 aromatic heterocycles. The number of aromatic nitrogens is 2. The van der Waals surface area contributed by atoms with Crippen molar-refractivity contribution in [2.24, 2.45) is 0 Å². The van der Waals surface area contributed by atoms with Gasteiger partial charge in [-0.3, -0.25) is 4.79 Å². The number of hydrogen-bond donors (Lipinski definition) is 0. The second-order valence-electron chi connectivity index (χ2n) is 6.71. The van der Waals surface area contributed by atoms with E-state index in [0.29, 0.717) is 18.7 Å². The summed E-state index contributed by atoms with van der Waals surface area (Å²) in [7, 11) is 1.64. The van der Waals surface area contributed by atoms with Crippen molar-refractivity contribution in [3.8, 4) is 11.4 Å². The molecule has 1 heterocycles. The highest BCUT2D eigenvalue weighted by atomic mass is 16.5. The highest BCUT2D eigenvalue weighted by molar-refractivity contribution is 5.94. The van der Waals surface area contributed by atoms with Crippen molar-refractivity contribution in [2.75, 3.05) is 13.7 Å². The maximum absolute atomic E-state index is 13.0. The molecule has 0 saturated carbocycles. The molecule has 0 N–H and O–H groups in total. The second-order valence-corrected chi connectivity index (χ2v) is 6.71. The zero-order chi connectivity index (χ0) is 20.1. The number of rotatable bonds is 7. The van der Waals surface area contributed by atoms with Gasteiger partial charge in [0.2, 0.25) is 0 Å². The second kappa shape index (κ2) is 8.57. The number of aryl methyl sites for hydroxylation is 2. The number of hydrogen-bond acceptors (Lipinski definition) is 3. The van der Waals surface area contributed by atoms with Gasteiger partial charge in [-0.25, -0.2) is 4.68 Å². The van der Waals surface area contributed by atoms with Gasteiger partial charge in [0.1, 0.15) is 5.75 Å². The quantitative estimate of drug-likeness (QED) is 0.578. The number of amides is 1. The Bertz CT molecular complexity index is 957. The van der Waals surface area contributed by atoms with Gasteiger partial charge in [0.15, 0.2) is 0 Å². The van der Waals surface area contributed by atoms with Crippen LogP contribution in [0.25, 0.3) is 5.69 Å². The number of benzene rings is 2. The predicted octanol–water partition coefficient (Wildman–Crippen LogP) is 4.33. The SMILES string of the molecule is C=CCN(Cc1ccc(OC)cc1)C(=O)c1ccc(-n2nc(C)cc2C)cc1. The molecule has 0 radical (unpaired) electrons. The maximum atomic E-state index is 13.0. The third-order valence-corrected chi connectivity index (χ3v) is 4.54. The molecule has 2 aromatic carbocycles. The summed E-state index contributed by atoms with van der Waals surface area (Å²) in [5, 5.41) is 4.49. The lowest BCUT2D eigenvalue weighted by molar-refractivity contribution is 0.0762. The number of carbonyl (C=O) groups excluding carboxylic acids is 1. The third-order valence-electron chi connectivity index (χ3n) is 4.54. The van der Waals surface area contributed by atoms with Crippen molar-refractivity contribution in [3.63, 3.8) is 0 Å². The lowest BCUT2D eigenvalue weighted by Crippen LogP contribution is -2.30. The monoisotopic (exact) mass is 375 g/mol. The van der Waals surface area contributed by atoms with Gasteiger partial charge < -0.3 is 9.64 Å². The number of carbonyl (C=O) groups is 1. The fraction of sp³-hybridized carbons (Fsp3) is 0.217. The summed E-state index contributed by atoms with van der Waals surface area (Å²) >= 11 is 0. The number of ether oxygens (including phenoxy) is 1. The van der Waals surface area contributed by atoms with Crippen molar-refractivity contribution in [2.45, 2.75) is 20.4 Å². The number of methoxy groups -OCH3 is 1. The Hall–Kier alpha value is -3.34. The Morgan fingerprint density at radius 2 is 1.82 bits per heavy atom. The zero-order valence-corrected chi connectivity index (χ0v) is 16.6. The summed E-state index contributed by atoms with van der Waals surface area (Å²) in [6.07, 6.45) is 1.74. The van der Waals surface area contributed by atoms with Crippen LogP contribution in [-0.4, -0.2) is 34.2 Å². The molecule has 3 rings (SSSR count). The molecule has 3 aromatic rings. The van der Waals surface area contributed by atoms with Crippen molar-refractivity contribution < 1.29 is 9.53 Å². The Labute approximate surface area is 165 Å². The summed E-state index contributed by atoms with van der Waals surface area (Å²) in [6.45, 7) is 8.75. The van der Waals surface area contributed by atoms with Gasteiger partial charge in [0.25, 0.3) is 5.91 Å². The topological polar surface area (TPSA) is 47.4 Å². The molecule has 5 heteroatoms. The van der Waals surface area contributed by atoms with E-state index in [4.69, 9.17) is 4.74 Å². The molecule has 0 aliphatic heterocycles. The summed E-state index contributed by atoms with van der Waals surface area (Å²) in [5.41, 5.74) is 4.64. The van der Waals surface area contributed by atoms with Crippen LogP contribution in [0.5, 0.6) is 5.75 Å². The fourth-order valence-corrected chi connectivity index (χ4v) is 3.14. The lowest BCUT2D eigenvalue weighted by atomic mass is 10.1. The highest BCUT2D eigenvalue weighted by Gasteiger charge is 2.15. The normalized spacial score (nSPS) is 10.5. The minimum Gasteiger partial charge on any atom is -0.497 e. The van der Waals surface area contributed by atoms with Crippen LogP contribution >= 0.6 is 0 Å². The van der Waals surface area contributed by atoms with Crippen LogP contribution in [0.1, 0.15) is 27.3 Å². The molecular formula is C23H25N3O2. The summed E-state index contributed by atoms with van der Waals surface area (Å²) < 4.78 is 7.07. The van der Waals surface area contributed by atoms with E-state index >= 15 is 0 Å². The van der Waals surface area contributed by atoms with Gasteiger partial charge in [0.05, 0.1) is 18.5 Å². The molecule has 144 valence electrons. The molecule has 0 atom stereocenters. The molecule has 0 aliphatic carbocycles. The van der Waals surface area contributed by atoms with E-state index in [-0.39, 0.29) is 5.91 Å². The lowest BCUT2D eigenvalue weighted by Gasteiger charge is -2.21. The van der Waals surface area contributed by atoms with E-state index in [1.807, 2.05) is 73.1 Å². The molecule has 1 amide bonds. The van der Waals surface area contributed by atoms with Gasteiger partial charge in [-0.15, -0.1) is 6.58 Å². The first kappa shape index (κ1) is 19.4. The van der Waals surface area contributed by atoms with Gasteiger partial charge in [-0.1, -0.05) is 18.2 Å². The first-order chi connectivity index (χ1) is 13.5. The Morgan fingerprint density at radius 3 is 2.36 bits per heavy atom. The van der Waals surface area contributed by atoms with Crippen molar-refractivity contribution in [1.29, 1.82) is 0 Å². The molecule has 0 unspecified atom stereocenters. The van der Waals surface area contributed by atoms with E-state index in [0.717, 1.165) is 28.4 Å². The summed E-state index contributed by atoms with van der Waals surface area (Å²) in [6, 6.07) is 17.3. The van der Waals surface area contributed by atoms with Crippen molar-refractivity contribution in [1.82, 2.24) is 14.7 Å². The Morgan fingerprint density at radius 1 is 1.14 bits per heavy atom. The molecule has 0 fully saturated rings. The minimum atomic E-state index is -0.0318. The molecular weight excluding hydrogens is 350 g/mol.